The summed E-state index contributed by atoms with van der Waals surface area (Å²) in [6.07, 6.45) is -1.29. The summed E-state index contributed by atoms with van der Waals surface area (Å²) in [6.45, 7) is 7.13. The summed E-state index contributed by atoms with van der Waals surface area (Å²) >= 11 is 0. The molecule has 1 heterocycles. The molecule has 9 heteroatoms. The Bertz CT molecular complexity index is 767. The minimum Gasteiger partial charge on any atom is -0.453 e. The molecule has 1 aromatic rings. The molecule has 0 aromatic heterocycles. The Kier molecular flexibility index (Phi) is 6.84. The van der Waals surface area contributed by atoms with Crippen molar-refractivity contribution in [2.24, 2.45) is 5.92 Å². The van der Waals surface area contributed by atoms with E-state index in [0.29, 0.717) is 11.1 Å². The third-order valence-corrected chi connectivity index (χ3v) is 4.40. The first kappa shape index (κ1) is 22.2. The molecule has 0 saturated heterocycles. The lowest BCUT2D eigenvalue weighted by atomic mass is 10.0. The molecule has 9 nitrogen and oxygen atoms in total. The number of rotatable bonds is 6. The molecule has 1 aliphatic heterocycles. The van der Waals surface area contributed by atoms with E-state index >= 15 is 0 Å². The molecule has 158 valence electrons. The predicted molar refractivity (Wildman–Crippen MR) is 105 cm³/mol. The Labute approximate surface area is 169 Å². The zero-order valence-electron chi connectivity index (χ0n) is 17.3. The molecule has 1 aromatic carbocycles. The van der Waals surface area contributed by atoms with Gasteiger partial charge in [0.15, 0.2) is 0 Å². The minimum absolute atomic E-state index is 0.0569. The molecular weight excluding hydrogens is 378 g/mol. The summed E-state index contributed by atoms with van der Waals surface area (Å²) < 4.78 is 9.85. The molecule has 0 aliphatic carbocycles. The van der Waals surface area contributed by atoms with E-state index in [-0.39, 0.29) is 19.0 Å². The maximum absolute atomic E-state index is 12.6. The molecule has 0 bridgehead atoms. The van der Waals surface area contributed by atoms with Crippen molar-refractivity contribution < 1.29 is 28.7 Å². The second-order valence-corrected chi connectivity index (χ2v) is 7.87. The van der Waals surface area contributed by atoms with E-state index in [9.17, 15) is 19.2 Å². The van der Waals surface area contributed by atoms with Gasteiger partial charge in [-0.3, -0.25) is 14.5 Å². The molecule has 29 heavy (non-hydrogen) atoms. The zero-order valence-corrected chi connectivity index (χ0v) is 17.3. The van der Waals surface area contributed by atoms with Crippen molar-refractivity contribution in [2.45, 2.75) is 39.3 Å². The van der Waals surface area contributed by atoms with Crippen molar-refractivity contribution in [3.63, 3.8) is 0 Å². The van der Waals surface area contributed by atoms with E-state index in [1.807, 2.05) is 0 Å². The normalized spacial score (nSPS) is 15.4. The predicted octanol–water partition coefficient (Wildman–Crippen LogP) is 2.17. The molecule has 2 atom stereocenters. The number of benzene rings is 1. The van der Waals surface area contributed by atoms with Gasteiger partial charge in [0.25, 0.3) is 11.8 Å². The number of alkyl carbamates (subject to hydrolysis) is 2. The van der Waals surface area contributed by atoms with Crippen molar-refractivity contribution in [3.05, 3.63) is 35.4 Å². The largest absolute Gasteiger partial charge is 0.453 e. The summed E-state index contributed by atoms with van der Waals surface area (Å²) in [5.41, 5.74) is 0.0136. The van der Waals surface area contributed by atoms with Crippen LogP contribution >= 0.6 is 0 Å². The lowest BCUT2D eigenvalue weighted by Gasteiger charge is -2.28. The van der Waals surface area contributed by atoms with Gasteiger partial charge in [0.2, 0.25) is 0 Å². The molecule has 1 unspecified atom stereocenters. The van der Waals surface area contributed by atoms with Crippen LogP contribution in [0.25, 0.3) is 0 Å². The maximum Gasteiger partial charge on any atom is 0.407 e. The van der Waals surface area contributed by atoms with Crippen LogP contribution in [0.4, 0.5) is 9.59 Å². The van der Waals surface area contributed by atoms with Crippen LogP contribution in [-0.4, -0.2) is 60.7 Å². The number of carbonyl (C=O) groups excluding carboxylic acids is 4. The number of fused-ring (bicyclic) bond motifs is 1. The van der Waals surface area contributed by atoms with Crippen LogP contribution in [0.2, 0.25) is 0 Å². The SMILES string of the molecule is COC(=O)N[C@@H](CN1C(=O)c2ccccc2C1=O)C(C)CNC(=O)OC(C)(C)C. The first-order valence-corrected chi connectivity index (χ1v) is 9.30. The summed E-state index contributed by atoms with van der Waals surface area (Å²) in [6, 6.07) is 5.91. The van der Waals surface area contributed by atoms with Crippen LogP contribution in [0.1, 0.15) is 48.4 Å². The highest BCUT2D eigenvalue weighted by Gasteiger charge is 2.37. The van der Waals surface area contributed by atoms with Gasteiger partial charge in [0.1, 0.15) is 5.60 Å². The zero-order chi connectivity index (χ0) is 21.8. The monoisotopic (exact) mass is 405 g/mol. The lowest BCUT2D eigenvalue weighted by Crippen LogP contribution is -2.51. The smallest absolute Gasteiger partial charge is 0.407 e. The number of amides is 4. The number of hydrogen-bond acceptors (Lipinski definition) is 6. The van der Waals surface area contributed by atoms with Gasteiger partial charge in [-0.05, 0) is 38.8 Å². The van der Waals surface area contributed by atoms with Gasteiger partial charge in [-0.15, -0.1) is 0 Å². The molecular formula is C20H27N3O6. The highest BCUT2D eigenvalue weighted by molar-refractivity contribution is 6.21. The van der Waals surface area contributed by atoms with Crippen LogP contribution in [0.15, 0.2) is 24.3 Å². The fourth-order valence-electron chi connectivity index (χ4n) is 2.88. The molecule has 0 spiro atoms. The van der Waals surface area contributed by atoms with Crippen LogP contribution in [0.5, 0.6) is 0 Å². The third-order valence-electron chi connectivity index (χ3n) is 4.40. The average Bonchev–Trinajstić information content (AvgIpc) is 2.89. The van der Waals surface area contributed by atoms with E-state index in [1.165, 1.54) is 7.11 Å². The Morgan fingerprint density at radius 3 is 2.10 bits per heavy atom. The highest BCUT2D eigenvalue weighted by atomic mass is 16.6. The van der Waals surface area contributed by atoms with Gasteiger partial charge in [0.05, 0.1) is 30.8 Å². The molecule has 1 aliphatic rings. The Balaban J connectivity index is 2.08. The summed E-state index contributed by atoms with van der Waals surface area (Å²) in [5.74, 6) is -1.17. The number of methoxy groups -OCH3 is 1. The van der Waals surface area contributed by atoms with Crippen molar-refractivity contribution in [1.29, 1.82) is 0 Å². The molecule has 2 rings (SSSR count). The van der Waals surface area contributed by atoms with Crippen LogP contribution in [-0.2, 0) is 9.47 Å². The maximum atomic E-state index is 12.6. The van der Waals surface area contributed by atoms with E-state index in [4.69, 9.17) is 4.74 Å². The Morgan fingerprint density at radius 2 is 1.62 bits per heavy atom. The number of ether oxygens (including phenoxy) is 2. The van der Waals surface area contributed by atoms with Gasteiger partial charge in [-0.2, -0.15) is 0 Å². The second kappa shape index (κ2) is 8.93. The summed E-state index contributed by atoms with van der Waals surface area (Å²) in [4.78, 5) is 50.0. The Hall–Kier alpha value is -3.10. The average molecular weight is 405 g/mol. The number of hydrogen-bond donors (Lipinski definition) is 2. The van der Waals surface area contributed by atoms with E-state index in [1.54, 1.807) is 52.0 Å². The van der Waals surface area contributed by atoms with Crippen molar-refractivity contribution in [2.75, 3.05) is 20.2 Å². The topological polar surface area (TPSA) is 114 Å². The number of carbonyl (C=O) groups is 4. The number of nitrogens with zero attached hydrogens (tertiary/aromatic N) is 1. The van der Waals surface area contributed by atoms with Gasteiger partial charge < -0.3 is 20.1 Å². The van der Waals surface area contributed by atoms with Crippen LogP contribution in [0.3, 0.4) is 0 Å². The molecule has 2 N–H and O–H groups in total. The minimum atomic E-state index is -0.698. The lowest BCUT2D eigenvalue weighted by molar-refractivity contribution is 0.0505. The van der Waals surface area contributed by atoms with E-state index in [2.05, 4.69) is 15.4 Å². The first-order chi connectivity index (χ1) is 13.5. The van der Waals surface area contributed by atoms with Gasteiger partial charge in [-0.25, -0.2) is 9.59 Å². The third kappa shape index (κ3) is 5.69. The second-order valence-electron chi connectivity index (χ2n) is 7.87. The van der Waals surface area contributed by atoms with Crippen LogP contribution < -0.4 is 10.6 Å². The van der Waals surface area contributed by atoms with Gasteiger partial charge in [0, 0.05) is 6.54 Å². The van der Waals surface area contributed by atoms with E-state index in [0.717, 1.165) is 4.90 Å². The van der Waals surface area contributed by atoms with E-state index < -0.39 is 35.6 Å². The number of imide groups is 1. The van der Waals surface area contributed by atoms with Gasteiger partial charge in [-0.1, -0.05) is 19.1 Å². The van der Waals surface area contributed by atoms with Crippen molar-refractivity contribution in [3.8, 4) is 0 Å². The molecule has 0 fully saturated rings. The van der Waals surface area contributed by atoms with Crippen molar-refractivity contribution >= 4 is 24.0 Å². The fourth-order valence-corrected chi connectivity index (χ4v) is 2.88. The quantitative estimate of drug-likeness (QED) is 0.701. The van der Waals surface area contributed by atoms with Crippen molar-refractivity contribution in [1.82, 2.24) is 15.5 Å². The molecule has 0 saturated carbocycles. The number of nitrogens with one attached hydrogen (secondary N) is 2. The molecule has 0 radical (unpaired) electrons. The first-order valence-electron chi connectivity index (χ1n) is 9.30. The fraction of sp³-hybridized carbons (Fsp3) is 0.500. The van der Waals surface area contributed by atoms with Crippen LogP contribution in [0, 0.1) is 5.92 Å². The van der Waals surface area contributed by atoms with Gasteiger partial charge >= 0.3 is 12.2 Å². The standard InChI is InChI=1S/C20H27N3O6/c1-12(10-21-18(26)29-20(2,3)4)15(22-19(27)28-5)11-23-16(24)13-8-6-7-9-14(13)17(23)25/h6-9,12,15H,10-11H2,1-5H3,(H,21,26)(H,22,27)/t12?,15-/m0/s1. The summed E-state index contributed by atoms with van der Waals surface area (Å²) in [7, 11) is 1.22. The highest BCUT2D eigenvalue weighted by Crippen LogP contribution is 2.23. The molecule has 4 amide bonds. The summed E-state index contributed by atoms with van der Waals surface area (Å²) in [5, 5.41) is 5.27. The Morgan fingerprint density at radius 1 is 1.07 bits per heavy atom.